The molecule has 0 saturated carbocycles. The van der Waals surface area contributed by atoms with Gasteiger partial charge in [-0.3, -0.25) is 10.0 Å². The minimum Gasteiger partial charge on any atom is -0.497 e. The lowest BCUT2D eigenvalue weighted by Crippen LogP contribution is -2.25. The van der Waals surface area contributed by atoms with E-state index in [9.17, 15) is 13.2 Å². The van der Waals surface area contributed by atoms with Crippen LogP contribution in [-0.4, -0.2) is 26.6 Å². The summed E-state index contributed by atoms with van der Waals surface area (Å²) in [6.07, 6.45) is 0.379. The lowest BCUT2D eigenvalue weighted by atomic mass is 9.94. The first-order valence-electron chi connectivity index (χ1n) is 7.95. The third-order valence-corrected chi connectivity index (χ3v) is 6.39. The average molecular weight is 378 g/mol. The molecule has 0 unspecified atom stereocenters. The Hall–Kier alpha value is -2.58. The number of methoxy groups -OCH3 is 1. The van der Waals surface area contributed by atoms with Crippen LogP contribution in [0.5, 0.6) is 5.75 Å². The molecule has 26 heavy (non-hydrogen) atoms. The SMILES string of the molecule is CCc1c(C)c(N)c(C)c(S(=O)(=O)c2ccc(OC)cc2)c1C(=O)NO. The van der Waals surface area contributed by atoms with Crippen LogP contribution in [0.15, 0.2) is 34.1 Å². The molecule has 4 N–H and O–H groups in total. The van der Waals surface area contributed by atoms with Crippen molar-refractivity contribution in [1.29, 1.82) is 0 Å². The summed E-state index contributed by atoms with van der Waals surface area (Å²) in [5.41, 5.74) is 9.25. The van der Waals surface area contributed by atoms with Crippen LogP contribution in [0.1, 0.15) is 34.0 Å². The van der Waals surface area contributed by atoms with Crippen LogP contribution in [0, 0.1) is 13.8 Å². The van der Waals surface area contributed by atoms with Gasteiger partial charge in [0.2, 0.25) is 9.84 Å². The highest BCUT2D eigenvalue weighted by molar-refractivity contribution is 7.91. The zero-order valence-electron chi connectivity index (χ0n) is 15.1. The van der Waals surface area contributed by atoms with Crippen molar-refractivity contribution >= 4 is 21.4 Å². The number of carbonyl (C=O) groups is 1. The highest BCUT2D eigenvalue weighted by Gasteiger charge is 2.31. The van der Waals surface area contributed by atoms with E-state index in [1.165, 1.54) is 31.4 Å². The molecule has 0 heterocycles. The van der Waals surface area contributed by atoms with E-state index in [-0.39, 0.29) is 20.9 Å². The van der Waals surface area contributed by atoms with Crippen molar-refractivity contribution in [2.75, 3.05) is 12.8 Å². The number of anilines is 1. The molecular formula is C18H22N2O5S. The molecule has 2 aromatic rings. The maximum absolute atomic E-state index is 13.3. The first-order chi connectivity index (χ1) is 12.2. The van der Waals surface area contributed by atoms with Crippen molar-refractivity contribution in [3.63, 3.8) is 0 Å². The first-order valence-corrected chi connectivity index (χ1v) is 9.44. The van der Waals surface area contributed by atoms with E-state index in [0.717, 1.165) is 0 Å². The van der Waals surface area contributed by atoms with E-state index in [1.807, 2.05) is 0 Å². The molecule has 7 nitrogen and oxygen atoms in total. The zero-order valence-corrected chi connectivity index (χ0v) is 15.9. The number of carbonyl (C=O) groups excluding carboxylic acids is 1. The third-order valence-electron chi connectivity index (χ3n) is 4.45. The Morgan fingerprint density at radius 1 is 1.19 bits per heavy atom. The Morgan fingerprint density at radius 2 is 1.77 bits per heavy atom. The van der Waals surface area contributed by atoms with Gasteiger partial charge in [-0.2, -0.15) is 0 Å². The molecule has 0 atom stereocenters. The van der Waals surface area contributed by atoms with Crippen molar-refractivity contribution in [3.8, 4) is 5.75 Å². The number of nitrogens with two attached hydrogens (primary N) is 1. The average Bonchev–Trinajstić information content (AvgIpc) is 2.64. The summed E-state index contributed by atoms with van der Waals surface area (Å²) < 4.78 is 31.6. The minimum atomic E-state index is -4.06. The molecule has 140 valence electrons. The van der Waals surface area contributed by atoms with Crippen LogP contribution in [0.25, 0.3) is 0 Å². The van der Waals surface area contributed by atoms with Crippen LogP contribution in [0.2, 0.25) is 0 Å². The fourth-order valence-corrected chi connectivity index (χ4v) is 4.75. The number of ether oxygens (including phenoxy) is 1. The van der Waals surface area contributed by atoms with Gasteiger partial charge in [0.05, 0.1) is 22.5 Å². The predicted octanol–water partition coefficient (Wildman–Crippen LogP) is 2.41. The number of hydroxylamine groups is 1. The molecular weight excluding hydrogens is 356 g/mol. The normalized spacial score (nSPS) is 11.3. The smallest absolute Gasteiger partial charge is 0.276 e. The zero-order chi connectivity index (χ0) is 19.6. The number of sulfone groups is 1. The van der Waals surface area contributed by atoms with Crippen molar-refractivity contribution in [2.24, 2.45) is 0 Å². The molecule has 2 aromatic carbocycles. The van der Waals surface area contributed by atoms with Crippen molar-refractivity contribution in [1.82, 2.24) is 5.48 Å². The Morgan fingerprint density at radius 3 is 2.23 bits per heavy atom. The maximum Gasteiger partial charge on any atom is 0.276 e. The fourth-order valence-electron chi connectivity index (χ4n) is 3.02. The molecule has 8 heteroatoms. The fraction of sp³-hybridized carbons (Fsp3) is 0.278. The van der Waals surface area contributed by atoms with Crippen LogP contribution < -0.4 is 16.0 Å². The summed E-state index contributed by atoms with van der Waals surface area (Å²) in [5, 5.41) is 9.15. The standard InChI is InChI=1S/C18H22N2O5S/c1-5-14-10(2)16(19)11(3)17(15(14)18(21)20-22)26(23,24)13-8-6-12(25-4)7-9-13/h6-9,22H,5,19H2,1-4H3,(H,20,21). The summed E-state index contributed by atoms with van der Waals surface area (Å²) in [6, 6.07) is 5.84. The van der Waals surface area contributed by atoms with E-state index in [1.54, 1.807) is 26.3 Å². The molecule has 2 rings (SSSR count). The molecule has 0 saturated heterocycles. The predicted molar refractivity (Wildman–Crippen MR) is 97.4 cm³/mol. The van der Waals surface area contributed by atoms with Crippen molar-refractivity contribution < 1.29 is 23.2 Å². The van der Waals surface area contributed by atoms with Gasteiger partial charge in [-0.15, -0.1) is 0 Å². The number of benzene rings is 2. The number of hydrogen-bond donors (Lipinski definition) is 3. The van der Waals surface area contributed by atoms with Gasteiger partial charge in [-0.25, -0.2) is 13.9 Å². The van der Waals surface area contributed by atoms with Gasteiger partial charge in [0.1, 0.15) is 5.75 Å². The highest BCUT2D eigenvalue weighted by Crippen LogP contribution is 2.36. The summed E-state index contributed by atoms with van der Waals surface area (Å²) in [4.78, 5) is 12.1. The monoisotopic (exact) mass is 378 g/mol. The molecule has 0 aliphatic carbocycles. The Kier molecular flexibility index (Phi) is 5.58. The van der Waals surface area contributed by atoms with Gasteiger partial charge in [0.15, 0.2) is 0 Å². The molecule has 0 aliphatic heterocycles. The van der Waals surface area contributed by atoms with Gasteiger partial charge >= 0.3 is 0 Å². The minimum absolute atomic E-state index is 0.00121. The number of rotatable bonds is 5. The molecule has 0 aromatic heterocycles. The van der Waals surface area contributed by atoms with E-state index < -0.39 is 15.7 Å². The van der Waals surface area contributed by atoms with E-state index in [0.29, 0.717) is 29.0 Å². The van der Waals surface area contributed by atoms with Crippen LogP contribution in [-0.2, 0) is 16.3 Å². The number of nitrogens with one attached hydrogen (secondary N) is 1. The van der Waals surface area contributed by atoms with Crippen molar-refractivity contribution in [3.05, 3.63) is 46.5 Å². The Balaban J connectivity index is 2.89. The van der Waals surface area contributed by atoms with Gasteiger partial charge in [-0.05, 0) is 61.2 Å². The lowest BCUT2D eigenvalue weighted by Gasteiger charge is -2.20. The van der Waals surface area contributed by atoms with Crippen molar-refractivity contribution in [2.45, 2.75) is 37.0 Å². The van der Waals surface area contributed by atoms with E-state index in [4.69, 9.17) is 15.7 Å². The quantitative estimate of drug-likeness (QED) is 0.418. The van der Waals surface area contributed by atoms with Crippen LogP contribution >= 0.6 is 0 Å². The Labute approximate surface area is 152 Å². The third kappa shape index (κ3) is 3.13. The van der Waals surface area contributed by atoms with E-state index >= 15 is 0 Å². The van der Waals surface area contributed by atoms with Gasteiger partial charge in [0, 0.05) is 5.69 Å². The maximum atomic E-state index is 13.3. The molecule has 0 spiro atoms. The van der Waals surface area contributed by atoms with Crippen LogP contribution in [0.4, 0.5) is 5.69 Å². The largest absolute Gasteiger partial charge is 0.497 e. The number of hydrogen-bond acceptors (Lipinski definition) is 6. The summed E-state index contributed by atoms with van der Waals surface area (Å²) >= 11 is 0. The molecule has 0 aliphatic rings. The second-order valence-corrected chi connectivity index (χ2v) is 7.71. The number of nitrogen functional groups attached to an aromatic ring is 1. The second-order valence-electron chi connectivity index (χ2n) is 5.82. The number of amides is 1. The van der Waals surface area contributed by atoms with Gasteiger partial charge in [-0.1, -0.05) is 6.92 Å². The topological polar surface area (TPSA) is 119 Å². The molecule has 0 radical (unpaired) electrons. The molecule has 0 bridgehead atoms. The first kappa shape index (κ1) is 19.7. The summed E-state index contributed by atoms with van der Waals surface area (Å²) in [6.45, 7) is 5.06. The Bertz CT molecular complexity index is 951. The molecule has 1 amide bonds. The van der Waals surface area contributed by atoms with Crippen LogP contribution in [0.3, 0.4) is 0 Å². The summed E-state index contributed by atoms with van der Waals surface area (Å²) in [5.74, 6) is -0.383. The van der Waals surface area contributed by atoms with E-state index in [2.05, 4.69) is 0 Å². The summed E-state index contributed by atoms with van der Waals surface area (Å²) in [7, 11) is -2.58. The lowest BCUT2D eigenvalue weighted by molar-refractivity contribution is 0.0701. The second kappa shape index (κ2) is 7.35. The van der Waals surface area contributed by atoms with Gasteiger partial charge in [0.25, 0.3) is 5.91 Å². The molecule has 0 fully saturated rings. The highest BCUT2D eigenvalue weighted by atomic mass is 32.2. The van der Waals surface area contributed by atoms with Gasteiger partial charge < -0.3 is 10.5 Å².